The summed E-state index contributed by atoms with van der Waals surface area (Å²) in [5.41, 5.74) is -0.942. The lowest BCUT2D eigenvalue weighted by atomic mass is 9.78. The van der Waals surface area contributed by atoms with Crippen molar-refractivity contribution >= 4 is 12.0 Å². The molecule has 0 aromatic rings. The zero-order valence-corrected chi connectivity index (χ0v) is 12.3. The third-order valence-corrected chi connectivity index (χ3v) is 4.29. The summed E-state index contributed by atoms with van der Waals surface area (Å²) in [6.45, 7) is 7.70. The van der Waals surface area contributed by atoms with E-state index in [1.54, 1.807) is 13.8 Å². The smallest absolute Gasteiger partial charge is 0.315 e. The molecule has 0 spiro atoms. The maximum Gasteiger partial charge on any atom is 0.315 e. The Morgan fingerprint density at radius 2 is 1.89 bits per heavy atom. The van der Waals surface area contributed by atoms with Crippen LogP contribution in [0.5, 0.6) is 0 Å². The molecule has 2 amide bonds. The Kier molecular flexibility index (Phi) is 5.20. The number of nitrogens with one attached hydrogen (secondary N) is 2. The van der Waals surface area contributed by atoms with Crippen LogP contribution in [0.15, 0.2) is 0 Å². The van der Waals surface area contributed by atoms with E-state index in [1.165, 1.54) is 6.42 Å². The summed E-state index contributed by atoms with van der Waals surface area (Å²) in [6, 6.07) is -0.0723. The van der Waals surface area contributed by atoms with E-state index in [9.17, 15) is 9.59 Å². The molecule has 3 atom stereocenters. The Labute approximate surface area is 115 Å². The van der Waals surface area contributed by atoms with Crippen LogP contribution in [-0.2, 0) is 4.79 Å². The molecule has 1 saturated carbocycles. The summed E-state index contributed by atoms with van der Waals surface area (Å²) in [7, 11) is 0. The summed E-state index contributed by atoms with van der Waals surface area (Å²) in [6.07, 6.45) is 3.35. The Morgan fingerprint density at radius 1 is 1.26 bits per heavy atom. The summed E-state index contributed by atoms with van der Waals surface area (Å²) in [5, 5.41) is 14.6. The molecule has 0 heterocycles. The summed E-state index contributed by atoms with van der Waals surface area (Å²) < 4.78 is 0. The van der Waals surface area contributed by atoms with E-state index in [0.717, 1.165) is 12.8 Å². The normalized spacial score (nSPS) is 27.7. The Morgan fingerprint density at radius 3 is 2.47 bits per heavy atom. The van der Waals surface area contributed by atoms with Gasteiger partial charge in [0.2, 0.25) is 0 Å². The largest absolute Gasteiger partial charge is 0.481 e. The van der Waals surface area contributed by atoms with Gasteiger partial charge < -0.3 is 15.7 Å². The van der Waals surface area contributed by atoms with Crippen LogP contribution in [-0.4, -0.2) is 29.7 Å². The van der Waals surface area contributed by atoms with E-state index in [-0.39, 0.29) is 18.6 Å². The molecule has 0 aromatic heterocycles. The van der Waals surface area contributed by atoms with Crippen LogP contribution in [0.2, 0.25) is 0 Å². The van der Waals surface area contributed by atoms with Gasteiger partial charge in [0, 0.05) is 12.6 Å². The van der Waals surface area contributed by atoms with E-state index >= 15 is 0 Å². The van der Waals surface area contributed by atoms with Crippen LogP contribution in [0.3, 0.4) is 0 Å². The van der Waals surface area contributed by atoms with Gasteiger partial charge in [0.1, 0.15) is 0 Å². The predicted octanol–water partition coefficient (Wildman–Crippen LogP) is 2.22. The van der Waals surface area contributed by atoms with Gasteiger partial charge in [0.25, 0.3) is 0 Å². The number of amides is 2. The molecule has 1 aliphatic rings. The topological polar surface area (TPSA) is 78.4 Å². The maximum absolute atomic E-state index is 11.8. The second kappa shape index (κ2) is 6.26. The molecule has 5 nitrogen and oxygen atoms in total. The maximum atomic E-state index is 11.8. The molecule has 3 unspecified atom stereocenters. The zero-order chi connectivity index (χ0) is 14.6. The van der Waals surface area contributed by atoms with E-state index < -0.39 is 11.4 Å². The van der Waals surface area contributed by atoms with Gasteiger partial charge in [-0.25, -0.2) is 4.79 Å². The Bertz CT molecular complexity index is 342. The number of carbonyl (C=O) groups excluding carboxylic acids is 1. The van der Waals surface area contributed by atoms with E-state index in [1.807, 2.05) is 0 Å². The first kappa shape index (κ1) is 15.8. The van der Waals surface area contributed by atoms with Crippen molar-refractivity contribution in [2.45, 2.75) is 53.0 Å². The van der Waals surface area contributed by atoms with Gasteiger partial charge >= 0.3 is 12.0 Å². The number of urea groups is 1. The Hall–Kier alpha value is -1.26. The first-order chi connectivity index (χ1) is 8.74. The van der Waals surface area contributed by atoms with Gasteiger partial charge in [-0.2, -0.15) is 0 Å². The van der Waals surface area contributed by atoms with Crippen molar-refractivity contribution in [3.63, 3.8) is 0 Å². The molecule has 1 fully saturated rings. The van der Waals surface area contributed by atoms with Crippen molar-refractivity contribution in [3.8, 4) is 0 Å². The monoisotopic (exact) mass is 270 g/mol. The molecule has 0 aliphatic heterocycles. The standard InChI is InChI=1S/C14H26N2O3/c1-9-6-5-7-11(10(9)2)16-13(19)15-8-14(3,4)12(17)18/h9-11H,5-8H2,1-4H3,(H,17,18)(H2,15,16,19). The van der Waals surface area contributed by atoms with E-state index in [2.05, 4.69) is 24.5 Å². The lowest BCUT2D eigenvalue weighted by molar-refractivity contribution is -0.146. The first-order valence-electron chi connectivity index (χ1n) is 7.02. The highest BCUT2D eigenvalue weighted by Gasteiger charge is 2.30. The number of carboxylic acid groups (broad SMARTS) is 1. The lowest BCUT2D eigenvalue weighted by Gasteiger charge is -2.34. The second-order valence-corrected chi connectivity index (χ2v) is 6.39. The molecule has 3 N–H and O–H groups in total. The number of hydrogen-bond acceptors (Lipinski definition) is 2. The predicted molar refractivity (Wildman–Crippen MR) is 73.9 cm³/mol. The van der Waals surface area contributed by atoms with E-state index in [4.69, 9.17) is 5.11 Å². The molecule has 110 valence electrons. The number of rotatable bonds is 4. The van der Waals surface area contributed by atoms with Crippen molar-refractivity contribution in [2.24, 2.45) is 17.3 Å². The van der Waals surface area contributed by atoms with Gasteiger partial charge in [0.15, 0.2) is 0 Å². The highest BCUT2D eigenvalue weighted by atomic mass is 16.4. The van der Waals surface area contributed by atoms with Gasteiger partial charge in [0.05, 0.1) is 5.41 Å². The van der Waals surface area contributed by atoms with Crippen LogP contribution >= 0.6 is 0 Å². The van der Waals surface area contributed by atoms with Crippen LogP contribution in [0, 0.1) is 17.3 Å². The third-order valence-electron chi connectivity index (χ3n) is 4.29. The number of carbonyl (C=O) groups is 2. The average Bonchev–Trinajstić information content (AvgIpc) is 2.32. The van der Waals surface area contributed by atoms with Crippen molar-refractivity contribution in [1.29, 1.82) is 0 Å². The van der Waals surface area contributed by atoms with Crippen molar-refractivity contribution in [2.75, 3.05) is 6.54 Å². The fourth-order valence-corrected chi connectivity index (χ4v) is 2.38. The zero-order valence-electron chi connectivity index (χ0n) is 12.3. The Balaban J connectivity index is 2.41. The van der Waals surface area contributed by atoms with Crippen LogP contribution in [0.25, 0.3) is 0 Å². The molecule has 5 heteroatoms. The van der Waals surface area contributed by atoms with Crippen molar-refractivity contribution in [3.05, 3.63) is 0 Å². The molecular formula is C14H26N2O3. The van der Waals surface area contributed by atoms with Crippen molar-refractivity contribution < 1.29 is 14.7 Å². The van der Waals surface area contributed by atoms with Crippen LogP contribution in [0.4, 0.5) is 4.79 Å². The highest BCUT2D eigenvalue weighted by Crippen LogP contribution is 2.29. The summed E-state index contributed by atoms with van der Waals surface area (Å²) >= 11 is 0. The third kappa shape index (κ3) is 4.40. The van der Waals surface area contributed by atoms with Gasteiger partial charge in [-0.05, 0) is 32.1 Å². The van der Waals surface area contributed by atoms with Crippen molar-refractivity contribution in [1.82, 2.24) is 10.6 Å². The number of carboxylic acids is 1. The van der Waals surface area contributed by atoms with E-state index in [0.29, 0.717) is 11.8 Å². The minimum atomic E-state index is -0.942. The molecular weight excluding hydrogens is 244 g/mol. The lowest BCUT2D eigenvalue weighted by Crippen LogP contribution is -2.50. The average molecular weight is 270 g/mol. The van der Waals surface area contributed by atoms with Crippen LogP contribution < -0.4 is 10.6 Å². The fourth-order valence-electron chi connectivity index (χ4n) is 2.38. The highest BCUT2D eigenvalue weighted by molar-refractivity contribution is 5.77. The molecule has 0 saturated heterocycles. The number of aliphatic carboxylic acids is 1. The van der Waals surface area contributed by atoms with Gasteiger partial charge in [-0.15, -0.1) is 0 Å². The molecule has 0 aromatic carbocycles. The molecule has 0 radical (unpaired) electrons. The quantitative estimate of drug-likeness (QED) is 0.733. The summed E-state index contributed by atoms with van der Waals surface area (Å²) in [5.74, 6) is 0.175. The minimum absolute atomic E-state index is 0.130. The SMILES string of the molecule is CC1CCCC(NC(=O)NCC(C)(C)C(=O)O)C1C. The minimum Gasteiger partial charge on any atom is -0.481 e. The number of hydrogen-bond donors (Lipinski definition) is 3. The van der Waals surface area contributed by atoms with Crippen LogP contribution in [0.1, 0.15) is 47.0 Å². The van der Waals surface area contributed by atoms with Gasteiger partial charge in [-0.3, -0.25) is 4.79 Å². The molecule has 1 rings (SSSR count). The second-order valence-electron chi connectivity index (χ2n) is 6.39. The molecule has 19 heavy (non-hydrogen) atoms. The molecule has 0 bridgehead atoms. The first-order valence-corrected chi connectivity index (χ1v) is 7.02. The fraction of sp³-hybridized carbons (Fsp3) is 0.857. The summed E-state index contributed by atoms with van der Waals surface area (Å²) in [4.78, 5) is 22.8. The molecule has 1 aliphatic carbocycles. The van der Waals surface area contributed by atoms with Gasteiger partial charge in [-0.1, -0.05) is 26.7 Å².